The minimum absolute atomic E-state index is 0.339. The van der Waals surface area contributed by atoms with Gasteiger partial charge in [0.15, 0.2) is 5.82 Å². The van der Waals surface area contributed by atoms with Gasteiger partial charge >= 0.3 is 0 Å². The van der Waals surface area contributed by atoms with E-state index < -0.39 is 0 Å². The predicted molar refractivity (Wildman–Crippen MR) is 80.0 cm³/mol. The number of anilines is 3. The average Bonchev–Trinajstić information content (AvgIpc) is 2.72. The molecule has 3 rings (SSSR count). The van der Waals surface area contributed by atoms with Crippen LogP contribution in [0.2, 0.25) is 0 Å². The van der Waals surface area contributed by atoms with Crippen molar-refractivity contribution in [2.24, 2.45) is 0 Å². The Morgan fingerprint density at radius 1 is 1.11 bits per heavy atom. The highest BCUT2D eigenvalue weighted by molar-refractivity contribution is 5.81. The van der Waals surface area contributed by atoms with Crippen molar-refractivity contribution in [1.29, 1.82) is 0 Å². The zero-order valence-electron chi connectivity index (χ0n) is 11.7. The molecule has 19 heavy (non-hydrogen) atoms. The quantitative estimate of drug-likeness (QED) is 0.813. The molecule has 0 aliphatic carbocycles. The molecule has 2 aromatic rings. The van der Waals surface area contributed by atoms with Gasteiger partial charge in [-0.05, 0) is 37.1 Å². The van der Waals surface area contributed by atoms with Gasteiger partial charge in [0, 0.05) is 18.9 Å². The minimum Gasteiger partial charge on any atom is -0.337 e. The first-order valence-electron chi connectivity index (χ1n) is 6.76. The minimum atomic E-state index is 0.339. The van der Waals surface area contributed by atoms with Gasteiger partial charge in [0.1, 0.15) is 6.17 Å². The second-order valence-electron chi connectivity index (χ2n) is 5.00. The Balaban J connectivity index is 2.17. The number of hydrogen-bond donors (Lipinski definition) is 0. The van der Waals surface area contributed by atoms with E-state index in [0.717, 1.165) is 12.2 Å². The van der Waals surface area contributed by atoms with Crippen molar-refractivity contribution in [3.63, 3.8) is 0 Å². The van der Waals surface area contributed by atoms with Gasteiger partial charge in [-0.3, -0.25) is 0 Å². The number of rotatable bonds is 2. The summed E-state index contributed by atoms with van der Waals surface area (Å²) in [7, 11) is 2.12. The van der Waals surface area contributed by atoms with Crippen LogP contribution < -0.4 is 9.80 Å². The maximum absolute atomic E-state index is 4.53. The molecule has 0 N–H and O–H groups in total. The summed E-state index contributed by atoms with van der Waals surface area (Å²) in [6.45, 7) is 4.38. The molecule has 1 aliphatic heterocycles. The van der Waals surface area contributed by atoms with Gasteiger partial charge < -0.3 is 9.80 Å². The van der Waals surface area contributed by atoms with Gasteiger partial charge in [0.25, 0.3) is 0 Å². The van der Waals surface area contributed by atoms with Crippen molar-refractivity contribution >= 4 is 17.2 Å². The number of aryl methyl sites for hydroxylation is 1. The molecule has 98 valence electrons. The van der Waals surface area contributed by atoms with Crippen LogP contribution in [0.25, 0.3) is 0 Å². The monoisotopic (exact) mass is 253 g/mol. The third-order valence-corrected chi connectivity index (χ3v) is 3.84. The molecule has 1 aliphatic rings. The molecule has 0 fully saturated rings. The molecule has 0 saturated heterocycles. The first kappa shape index (κ1) is 12.0. The highest BCUT2D eigenvalue weighted by Gasteiger charge is 2.34. The van der Waals surface area contributed by atoms with Crippen molar-refractivity contribution in [1.82, 2.24) is 4.98 Å². The molecule has 0 radical (unpaired) electrons. The van der Waals surface area contributed by atoms with Crippen molar-refractivity contribution in [2.45, 2.75) is 26.4 Å². The molecule has 2 heterocycles. The largest absolute Gasteiger partial charge is 0.337 e. The van der Waals surface area contributed by atoms with Crippen LogP contribution in [0.1, 0.15) is 18.9 Å². The topological polar surface area (TPSA) is 19.4 Å². The summed E-state index contributed by atoms with van der Waals surface area (Å²) in [5, 5.41) is 0. The smallest absolute Gasteiger partial charge is 0.153 e. The SMILES string of the molecule is CCC1N(C)c2ncccc2N1c1ccccc1C. The Morgan fingerprint density at radius 2 is 1.84 bits per heavy atom. The van der Waals surface area contributed by atoms with Crippen LogP contribution in [0.3, 0.4) is 0 Å². The van der Waals surface area contributed by atoms with Gasteiger partial charge in [-0.1, -0.05) is 25.1 Å². The molecule has 1 aromatic carbocycles. The average molecular weight is 253 g/mol. The molecular formula is C16H19N3. The Morgan fingerprint density at radius 3 is 2.58 bits per heavy atom. The molecule has 3 nitrogen and oxygen atoms in total. The molecule has 0 bridgehead atoms. The van der Waals surface area contributed by atoms with Crippen LogP contribution in [0.4, 0.5) is 17.2 Å². The molecule has 1 atom stereocenters. The Labute approximate surface area is 114 Å². The second-order valence-corrected chi connectivity index (χ2v) is 5.00. The van der Waals surface area contributed by atoms with E-state index in [4.69, 9.17) is 0 Å². The molecule has 0 amide bonds. The van der Waals surface area contributed by atoms with E-state index in [1.54, 1.807) is 0 Å². The standard InChI is InChI=1S/C16H19N3/c1-4-15-18(3)16-14(10-7-11-17-16)19(15)13-9-6-5-8-12(13)2/h5-11,15H,4H2,1-3H3. The number of para-hydroxylation sites is 1. The van der Waals surface area contributed by atoms with E-state index in [1.165, 1.54) is 16.9 Å². The molecule has 3 heteroatoms. The summed E-state index contributed by atoms with van der Waals surface area (Å²) in [6, 6.07) is 12.7. The Hall–Kier alpha value is -2.03. The van der Waals surface area contributed by atoms with E-state index in [2.05, 4.69) is 66.0 Å². The lowest BCUT2D eigenvalue weighted by atomic mass is 10.1. The van der Waals surface area contributed by atoms with Crippen LogP contribution in [0.15, 0.2) is 42.6 Å². The lowest BCUT2D eigenvalue weighted by Gasteiger charge is -2.30. The lowest BCUT2D eigenvalue weighted by molar-refractivity contribution is 0.643. The summed E-state index contributed by atoms with van der Waals surface area (Å²) in [5.41, 5.74) is 3.77. The first-order valence-corrected chi connectivity index (χ1v) is 6.76. The maximum Gasteiger partial charge on any atom is 0.153 e. The number of benzene rings is 1. The zero-order chi connectivity index (χ0) is 13.4. The number of aromatic nitrogens is 1. The van der Waals surface area contributed by atoms with Gasteiger partial charge in [0.2, 0.25) is 0 Å². The lowest BCUT2D eigenvalue weighted by Crippen LogP contribution is -2.38. The molecular weight excluding hydrogens is 234 g/mol. The van der Waals surface area contributed by atoms with Crippen molar-refractivity contribution in [3.05, 3.63) is 48.2 Å². The van der Waals surface area contributed by atoms with E-state index in [1.807, 2.05) is 12.3 Å². The fourth-order valence-electron chi connectivity index (χ4n) is 2.90. The molecule has 0 spiro atoms. The van der Waals surface area contributed by atoms with Crippen LogP contribution in [0, 0.1) is 6.92 Å². The van der Waals surface area contributed by atoms with E-state index >= 15 is 0 Å². The van der Waals surface area contributed by atoms with Gasteiger partial charge in [0.05, 0.1) is 5.69 Å². The third-order valence-electron chi connectivity index (χ3n) is 3.84. The summed E-state index contributed by atoms with van der Waals surface area (Å²) >= 11 is 0. The summed E-state index contributed by atoms with van der Waals surface area (Å²) in [6.07, 6.45) is 3.26. The molecule has 1 aromatic heterocycles. The van der Waals surface area contributed by atoms with Gasteiger partial charge in [-0.2, -0.15) is 0 Å². The third kappa shape index (κ3) is 1.77. The Kier molecular flexibility index (Phi) is 2.90. The van der Waals surface area contributed by atoms with Crippen molar-refractivity contribution in [3.8, 4) is 0 Å². The highest BCUT2D eigenvalue weighted by atomic mass is 15.4. The highest BCUT2D eigenvalue weighted by Crippen LogP contribution is 2.43. The normalized spacial score (nSPS) is 17.7. The predicted octanol–water partition coefficient (Wildman–Crippen LogP) is 3.71. The summed E-state index contributed by atoms with van der Waals surface area (Å²) < 4.78 is 0. The fraction of sp³-hybridized carbons (Fsp3) is 0.312. The number of fused-ring (bicyclic) bond motifs is 1. The number of nitrogens with zero attached hydrogens (tertiary/aromatic N) is 3. The Bertz CT molecular complexity index is 594. The molecule has 1 unspecified atom stereocenters. The summed E-state index contributed by atoms with van der Waals surface area (Å²) in [5.74, 6) is 1.07. The van der Waals surface area contributed by atoms with Gasteiger partial charge in [-0.25, -0.2) is 4.98 Å². The maximum atomic E-state index is 4.53. The second kappa shape index (κ2) is 4.57. The van der Waals surface area contributed by atoms with Crippen molar-refractivity contribution < 1.29 is 0 Å². The van der Waals surface area contributed by atoms with E-state index in [0.29, 0.717) is 6.17 Å². The number of hydrogen-bond acceptors (Lipinski definition) is 3. The van der Waals surface area contributed by atoms with Crippen LogP contribution in [-0.2, 0) is 0 Å². The van der Waals surface area contributed by atoms with E-state index in [9.17, 15) is 0 Å². The number of pyridine rings is 1. The first-order chi connectivity index (χ1) is 9.24. The fourth-order valence-corrected chi connectivity index (χ4v) is 2.90. The summed E-state index contributed by atoms with van der Waals surface area (Å²) in [4.78, 5) is 9.19. The zero-order valence-corrected chi connectivity index (χ0v) is 11.7. The van der Waals surface area contributed by atoms with Crippen LogP contribution >= 0.6 is 0 Å². The van der Waals surface area contributed by atoms with Crippen LogP contribution in [0.5, 0.6) is 0 Å². The van der Waals surface area contributed by atoms with Crippen LogP contribution in [-0.4, -0.2) is 18.2 Å². The van der Waals surface area contributed by atoms with Gasteiger partial charge in [-0.15, -0.1) is 0 Å². The molecule has 0 saturated carbocycles. The van der Waals surface area contributed by atoms with Crippen molar-refractivity contribution in [2.75, 3.05) is 16.8 Å². The van der Waals surface area contributed by atoms with E-state index in [-0.39, 0.29) is 0 Å².